The van der Waals surface area contributed by atoms with Gasteiger partial charge in [-0.2, -0.15) is 0 Å². The molecule has 0 radical (unpaired) electrons. The van der Waals surface area contributed by atoms with Crippen LogP contribution in [0, 0.1) is 23.0 Å². The fraction of sp³-hybridized carbons (Fsp3) is 0.486. The number of aromatic nitrogens is 2. The Morgan fingerprint density at radius 1 is 1.13 bits per heavy atom. The fourth-order valence-corrected chi connectivity index (χ4v) is 6.79. The van der Waals surface area contributed by atoms with Crippen LogP contribution in [0.4, 0.5) is 18.0 Å². The van der Waals surface area contributed by atoms with Gasteiger partial charge in [-0.1, -0.05) is 26.0 Å². The van der Waals surface area contributed by atoms with Crippen molar-refractivity contribution in [3.8, 4) is 17.0 Å². The maximum Gasteiger partial charge on any atom is 0.407 e. The van der Waals surface area contributed by atoms with Crippen LogP contribution in [-0.2, 0) is 25.7 Å². The zero-order valence-corrected chi connectivity index (χ0v) is 29.9. The minimum atomic E-state index is -1.51. The summed E-state index contributed by atoms with van der Waals surface area (Å²) in [7, 11) is 0. The van der Waals surface area contributed by atoms with E-state index in [9.17, 15) is 33.8 Å². The van der Waals surface area contributed by atoms with E-state index >= 15 is 8.78 Å². The van der Waals surface area contributed by atoms with Crippen molar-refractivity contribution >= 4 is 23.8 Å². The summed E-state index contributed by atoms with van der Waals surface area (Å²) in [5.41, 5.74) is -0.538. The Bertz CT molecular complexity index is 1800. The maximum absolute atomic E-state index is 15.2. The standard InChI is InChI=1S/C37H45F3N6O7/c1-22(47)35(51)46(20-24-17-41-18-29(24)40)33(37(2,3)11-14-53-36(52)42-12-13-45-31(49)9-10-32(45)50)34-43-30(27-16-25(38)7-8-28(27)39)21-44(34)19-23-5-4-6-26(48)15-23/h4-8,15-16,21-22,24,29,33,41,47-48H,9-14,17-20H2,1-3H3,(H,42,52)/t22-,24-,29-,33-/m0/s1. The normalized spacial score (nSPS) is 18.7. The molecule has 53 heavy (non-hydrogen) atoms. The van der Waals surface area contributed by atoms with Gasteiger partial charge in [-0.25, -0.2) is 22.9 Å². The number of phenolic OH excluding ortho intramolecular Hbond substituents is 1. The highest BCUT2D eigenvalue weighted by atomic mass is 19.1. The van der Waals surface area contributed by atoms with Crippen LogP contribution >= 0.6 is 0 Å². The number of aliphatic hydroxyl groups is 1. The number of carbonyl (C=O) groups excluding carboxylic acids is 4. The molecule has 286 valence electrons. The topological polar surface area (TPSA) is 166 Å². The first kappa shape index (κ1) is 39.3. The molecule has 0 bridgehead atoms. The van der Waals surface area contributed by atoms with E-state index in [1.165, 1.54) is 30.2 Å². The van der Waals surface area contributed by atoms with Crippen molar-refractivity contribution in [1.82, 2.24) is 30.0 Å². The number of hydrogen-bond acceptors (Lipinski definition) is 9. The number of alkyl halides is 1. The average Bonchev–Trinajstić information content (AvgIpc) is 3.79. The zero-order valence-electron chi connectivity index (χ0n) is 29.9. The van der Waals surface area contributed by atoms with Crippen LogP contribution < -0.4 is 10.6 Å². The molecule has 0 unspecified atom stereocenters. The molecule has 3 heterocycles. The van der Waals surface area contributed by atoms with Crippen molar-refractivity contribution in [3.63, 3.8) is 0 Å². The molecular formula is C37H45F3N6O7. The number of nitrogens with zero attached hydrogens (tertiary/aromatic N) is 4. The Balaban J connectivity index is 1.51. The Labute approximate surface area is 305 Å². The van der Waals surface area contributed by atoms with Crippen molar-refractivity contribution in [2.75, 3.05) is 39.3 Å². The molecule has 2 fully saturated rings. The third kappa shape index (κ3) is 9.53. The van der Waals surface area contributed by atoms with Crippen LogP contribution in [0.3, 0.4) is 0 Å². The number of halogens is 3. The van der Waals surface area contributed by atoms with E-state index in [-0.39, 0.29) is 99.8 Å². The average molecular weight is 743 g/mol. The lowest BCUT2D eigenvalue weighted by atomic mass is 9.79. The third-order valence-corrected chi connectivity index (χ3v) is 9.64. The van der Waals surface area contributed by atoms with Gasteiger partial charge in [-0.3, -0.25) is 19.3 Å². The van der Waals surface area contributed by atoms with Gasteiger partial charge in [0.2, 0.25) is 11.8 Å². The van der Waals surface area contributed by atoms with Crippen LogP contribution in [0.5, 0.6) is 5.75 Å². The predicted molar refractivity (Wildman–Crippen MR) is 186 cm³/mol. The summed E-state index contributed by atoms with van der Waals surface area (Å²) in [6, 6.07) is 8.28. The third-order valence-electron chi connectivity index (χ3n) is 9.64. The number of amides is 4. The molecule has 2 saturated heterocycles. The number of imide groups is 1. The molecule has 2 aliphatic heterocycles. The monoisotopic (exact) mass is 742 g/mol. The van der Waals surface area contributed by atoms with E-state index in [0.29, 0.717) is 5.56 Å². The van der Waals surface area contributed by atoms with Crippen LogP contribution in [-0.4, -0.2) is 105 Å². The van der Waals surface area contributed by atoms with Gasteiger partial charge in [0.1, 0.15) is 35.5 Å². The summed E-state index contributed by atoms with van der Waals surface area (Å²) in [5, 5.41) is 26.4. The number of benzene rings is 2. The van der Waals surface area contributed by atoms with Gasteiger partial charge in [0.25, 0.3) is 5.91 Å². The summed E-state index contributed by atoms with van der Waals surface area (Å²) in [6.07, 6.45) is -1.76. The summed E-state index contributed by atoms with van der Waals surface area (Å²) >= 11 is 0. The van der Waals surface area contributed by atoms with E-state index < -0.39 is 53.3 Å². The van der Waals surface area contributed by atoms with Gasteiger partial charge in [0, 0.05) is 69.8 Å². The number of likely N-dealkylation sites (tertiary alicyclic amines) is 1. The first-order valence-electron chi connectivity index (χ1n) is 17.5. The number of carbonyl (C=O) groups is 4. The molecular weight excluding hydrogens is 697 g/mol. The number of aromatic hydroxyl groups is 1. The SMILES string of the molecule is C[C@H](O)C(=O)N(C[C@@H]1CNC[C@@H]1F)[C@@H](c1nc(-c2cc(F)ccc2F)cn1Cc1cccc(O)c1)C(C)(C)CCOC(=O)NCCN1C(=O)CCC1=O. The van der Waals surface area contributed by atoms with Crippen molar-refractivity contribution < 1.29 is 47.3 Å². The zero-order chi connectivity index (χ0) is 38.4. The second-order valence-corrected chi connectivity index (χ2v) is 14.2. The highest BCUT2D eigenvalue weighted by Gasteiger charge is 2.44. The molecule has 0 aliphatic carbocycles. The van der Waals surface area contributed by atoms with E-state index in [4.69, 9.17) is 9.72 Å². The molecule has 1 aromatic heterocycles. The second kappa shape index (κ2) is 16.8. The summed E-state index contributed by atoms with van der Waals surface area (Å²) < 4.78 is 51.8. The predicted octanol–water partition coefficient (Wildman–Crippen LogP) is 3.68. The smallest absolute Gasteiger partial charge is 0.407 e. The van der Waals surface area contributed by atoms with Crippen LogP contribution in [0.25, 0.3) is 11.3 Å². The number of rotatable bonds is 15. The van der Waals surface area contributed by atoms with Crippen molar-refractivity contribution in [2.24, 2.45) is 11.3 Å². The lowest BCUT2D eigenvalue weighted by molar-refractivity contribution is -0.146. The summed E-state index contributed by atoms with van der Waals surface area (Å²) in [6.45, 7) is 4.91. The Kier molecular flexibility index (Phi) is 12.4. The minimum absolute atomic E-state index is 0.00156. The van der Waals surface area contributed by atoms with Gasteiger partial charge in [-0.15, -0.1) is 0 Å². The summed E-state index contributed by atoms with van der Waals surface area (Å²) in [5.74, 6) is -3.27. The van der Waals surface area contributed by atoms with Crippen LogP contribution in [0.2, 0.25) is 0 Å². The quantitative estimate of drug-likeness (QED) is 0.170. The number of alkyl carbamates (subject to hydrolysis) is 1. The molecule has 4 N–H and O–H groups in total. The highest BCUT2D eigenvalue weighted by Crippen LogP contribution is 2.43. The number of phenols is 1. The van der Waals surface area contributed by atoms with Gasteiger partial charge in [0.05, 0.1) is 18.3 Å². The lowest BCUT2D eigenvalue weighted by Gasteiger charge is -2.43. The second-order valence-electron chi connectivity index (χ2n) is 14.2. The molecule has 2 aromatic carbocycles. The van der Waals surface area contributed by atoms with Gasteiger partial charge in [-0.05, 0) is 54.7 Å². The van der Waals surface area contributed by atoms with Gasteiger partial charge < -0.3 is 35.1 Å². The number of aliphatic hydroxyl groups excluding tert-OH is 1. The molecule has 0 saturated carbocycles. The summed E-state index contributed by atoms with van der Waals surface area (Å²) in [4.78, 5) is 57.6. The maximum atomic E-state index is 15.2. The Hall–Kier alpha value is -4.96. The van der Waals surface area contributed by atoms with Gasteiger partial charge >= 0.3 is 6.09 Å². The molecule has 2 aliphatic rings. The lowest BCUT2D eigenvalue weighted by Crippen LogP contribution is -2.50. The number of nitrogens with one attached hydrogen (secondary N) is 2. The fourth-order valence-electron chi connectivity index (χ4n) is 6.79. The van der Waals surface area contributed by atoms with Crippen molar-refractivity contribution in [3.05, 3.63) is 71.7 Å². The molecule has 3 aromatic rings. The highest BCUT2D eigenvalue weighted by molar-refractivity contribution is 6.01. The molecule has 13 nitrogen and oxygen atoms in total. The first-order valence-corrected chi connectivity index (χ1v) is 17.5. The number of imidazole rings is 1. The molecule has 16 heteroatoms. The van der Waals surface area contributed by atoms with Crippen molar-refractivity contribution in [1.29, 1.82) is 0 Å². The number of hydrogen-bond donors (Lipinski definition) is 4. The largest absolute Gasteiger partial charge is 0.508 e. The molecule has 4 amide bonds. The van der Waals surface area contributed by atoms with Crippen LogP contribution in [0.1, 0.15) is 57.5 Å². The molecule has 0 spiro atoms. The van der Waals surface area contributed by atoms with Crippen LogP contribution in [0.15, 0.2) is 48.7 Å². The Morgan fingerprint density at radius 2 is 1.87 bits per heavy atom. The molecule has 4 atom stereocenters. The van der Waals surface area contributed by atoms with E-state index in [0.717, 1.165) is 23.1 Å². The van der Waals surface area contributed by atoms with Gasteiger partial charge in [0.15, 0.2) is 0 Å². The molecule has 5 rings (SSSR count). The van der Waals surface area contributed by atoms with E-state index in [1.54, 1.807) is 30.5 Å². The minimum Gasteiger partial charge on any atom is -0.508 e. The van der Waals surface area contributed by atoms with E-state index in [1.807, 2.05) is 0 Å². The first-order chi connectivity index (χ1) is 25.1. The number of ether oxygens (including phenoxy) is 1. The Morgan fingerprint density at radius 3 is 2.53 bits per heavy atom. The van der Waals surface area contributed by atoms with E-state index in [2.05, 4.69) is 10.6 Å². The van der Waals surface area contributed by atoms with Crippen molar-refractivity contribution in [2.45, 2.75) is 64.9 Å².